The number of thiol groups is 2. The summed E-state index contributed by atoms with van der Waals surface area (Å²) in [6, 6.07) is 12.4. The van der Waals surface area contributed by atoms with Crippen molar-refractivity contribution in [3.8, 4) is 0 Å². The summed E-state index contributed by atoms with van der Waals surface area (Å²) in [5.41, 5.74) is 4.92. The Morgan fingerprint density at radius 3 is 1.44 bits per heavy atom. The molecule has 0 atom stereocenters. The molecule has 0 unspecified atom stereocenters. The number of aryl methyl sites for hydroxylation is 2. The zero-order valence-electron chi connectivity index (χ0n) is 10.5. The van der Waals surface area contributed by atoms with E-state index in [9.17, 15) is 0 Å². The molecular weight excluding hydrogens is 256 g/mol. The molecule has 2 aromatic rings. The molecule has 0 nitrogen and oxygen atoms in total. The summed E-state index contributed by atoms with van der Waals surface area (Å²) in [6.07, 6.45) is 4.28. The first kappa shape index (κ1) is 13.3. The topological polar surface area (TPSA) is 0 Å². The SMILES string of the molecule is Cc1cc(S)ccc1/C=C/c1ccc(S)cc1C. The van der Waals surface area contributed by atoms with E-state index in [4.69, 9.17) is 0 Å². The van der Waals surface area contributed by atoms with Crippen molar-refractivity contribution in [2.24, 2.45) is 0 Å². The van der Waals surface area contributed by atoms with Crippen LogP contribution in [-0.4, -0.2) is 0 Å². The van der Waals surface area contributed by atoms with Gasteiger partial charge in [0.25, 0.3) is 0 Å². The fourth-order valence-electron chi connectivity index (χ4n) is 1.87. The van der Waals surface area contributed by atoms with Crippen LogP contribution in [0.1, 0.15) is 22.3 Å². The van der Waals surface area contributed by atoms with Gasteiger partial charge in [0.15, 0.2) is 0 Å². The summed E-state index contributed by atoms with van der Waals surface area (Å²) in [4.78, 5) is 2.00. The second kappa shape index (κ2) is 5.68. The van der Waals surface area contributed by atoms with Crippen molar-refractivity contribution in [3.63, 3.8) is 0 Å². The summed E-state index contributed by atoms with van der Waals surface area (Å²) in [7, 11) is 0. The summed E-state index contributed by atoms with van der Waals surface area (Å²) in [5.74, 6) is 0. The standard InChI is InChI=1S/C16H16S2/c1-11-9-15(17)7-5-13(11)3-4-14-6-8-16(18)10-12(14)2/h3-10,17-18H,1-2H3/b4-3+. The highest BCUT2D eigenvalue weighted by Gasteiger charge is 1.97. The molecule has 18 heavy (non-hydrogen) atoms. The molecule has 2 aromatic carbocycles. The maximum Gasteiger partial charge on any atom is 0.00430 e. The molecule has 92 valence electrons. The van der Waals surface area contributed by atoms with Crippen LogP contribution >= 0.6 is 25.3 Å². The fraction of sp³-hybridized carbons (Fsp3) is 0.125. The predicted molar refractivity (Wildman–Crippen MR) is 85.8 cm³/mol. The predicted octanol–water partition coefficient (Wildman–Crippen LogP) is 5.05. The first-order valence-electron chi connectivity index (χ1n) is 5.83. The Hall–Kier alpha value is -1.12. The van der Waals surface area contributed by atoms with Crippen molar-refractivity contribution in [3.05, 3.63) is 58.7 Å². The molecule has 0 saturated heterocycles. The third-order valence-corrected chi connectivity index (χ3v) is 3.51. The summed E-state index contributed by atoms with van der Waals surface area (Å²) < 4.78 is 0. The third-order valence-electron chi connectivity index (χ3n) is 2.95. The molecule has 0 N–H and O–H groups in total. The van der Waals surface area contributed by atoms with Crippen molar-refractivity contribution in [1.82, 2.24) is 0 Å². The molecule has 0 aliphatic heterocycles. The number of benzene rings is 2. The summed E-state index contributed by atoms with van der Waals surface area (Å²) in [6.45, 7) is 4.20. The Kier molecular flexibility index (Phi) is 4.20. The van der Waals surface area contributed by atoms with Crippen LogP contribution in [0.25, 0.3) is 12.2 Å². The summed E-state index contributed by atoms with van der Waals surface area (Å²) in [5, 5.41) is 0. The quantitative estimate of drug-likeness (QED) is 0.554. The maximum absolute atomic E-state index is 4.33. The number of rotatable bonds is 2. The van der Waals surface area contributed by atoms with E-state index >= 15 is 0 Å². The first-order chi connectivity index (χ1) is 8.56. The molecule has 2 heteroatoms. The monoisotopic (exact) mass is 272 g/mol. The highest BCUT2D eigenvalue weighted by molar-refractivity contribution is 7.80. The first-order valence-corrected chi connectivity index (χ1v) is 6.73. The second-order valence-corrected chi connectivity index (χ2v) is 5.45. The van der Waals surface area contributed by atoms with Gasteiger partial charge in [-0.25, -0.2) is 0 Å². The van der Waals surface area contributed by atoms with Crippen molar-refractivity contribution in [2.75, 3.05) is 0 Å². The fourth-order valence-corrected chi connectivity index (χ4v) is 2.41. The molecule has 0 heterocycles. The van der Waals surface area contributed by atoms with Crippen LogP contribution in [0.2, 0.25) is 0 Å². The van der Waals surface area contributed by atoms with Gasteiger partial charge >= 0.3 is 0 Å². The lowest BCUT2D eigenvalue weighted by molar-refractivity contribution is 1.34. The molecule has 0 bridgehead atoms. The Balaban J connectivity index is 2.30. The molecule has 0 radical (unpaired) electrons. The minimum atomic E-state index is 1.00. The number of hydrogen-bond donors (Lipinski definition) is 2. The summed E-state index contributed by atoms with van der Waals surface area (Å²) >= 11 is 8.67. The second-order valence-electron chi connectivity index (χ2n) is 4.42. The van der Waals surface area contributed by atoms with E-state index < -0.39 is 0 Å². The minimum absolute atomic E-state index is 1.00. The Labute approximate surface area is 120 Å². The van der Waals surface area contributed by atoms with E-state index in [1.54, 1.807) is 0 Å². The average Bonchev–Trinajstić information content (AvgIpc) is 2.30. The molecule has 0 spiro atoms. The van der Waals surface area contributed by atoms with Gasteiger partial charge in [0.05, 0.1) is 0 Å². The lowest BCUT2D eigenvalue weighted by atomic mass is 10.0. The van der Waals surface area contributed by atoms with Crippen LogP contribution in [0.5, 0.6) is 0 Å². The zero-order chi connectivity index (χ0) is 13.1. The van der Waals surface area contributed by atoms with Gasteiger partial charge in [-0.3, -0.25) is 0 Å². The van der Waals surface area contributed by atoms with Gasteiger partial charge in [0.1, 0.15) is 0 Å². The smallest absolute Gasteiger partial charge is 0.00430 e. The highest BCUT2D eigenvalue weighted by atomic mass is 32.1. The molecule has 2 rings (SSSR count). The van der Waals surface area contributed by atoms with Crippen molar-refractivity contribution in [2.45, 2.75) is 23.6 Å². The van der Waals surface area contributed by atoms with Gasteiger partial charge < -0.3 is 0 Å². The Morgan fingerprint density at radius 2 is 1.11 bits per heavy atom. The molecule has 0 aliphatic carbocycles. The Bertz CT molecular complexity index is 545. The van der Waals surface area contributed by atoms with E-state index in [0.29, 0.717) is 0 Å². The van der Waals surface area contributed by atoms with E-state index in [1.807, 2.05) is 12.1 Å². The largest absolute Gasteiger partial charge is 0.143 e. The van der Waals surface area contributed by atoms with Crippen molar-refractivity contribution in [1.29, 1.82) is 0 Å². The molecule has 0 aliphatic rings. The van der Waals surface area contributed by atoms with Crippen LogP contribution in [0.3, 0.4) is 0 Å². The van der Waals surface area contributed by atoms with Crippen molar-refractivity contribution >= 4 is 37.4 Å². The normalized spacial score (nSPS) is 11.1. The van der Waals surface area contributed by atoms with Gasteiger partial charge in [-0.1, -0.05) is 24.3 Å². The van der Waals surface area contributed by atoms with Crippen LogP contribution in [-0.2, 0) is 0 Å². The van der Waals surface area contributed by atoms with E-state index in [1.165, 1.54) is 22.3 Å². The number of hydrogen-bond acceptors (Lipinski definition) is 2. The molecule has 0 amide bonds. The zero-order valence-corrected chi connectivity index (χ0v) is 12.3. The van der Waals surface area contributed by atoms with Gasteiger partial charge in [0.2, 0.25) is 0 Å². The average molecular weight is 272 g/mol. The van der Waals surface area contributed by atoms with Crippen LogP contribution in [0, 0.1) is 13.8 Å². The third kappa shape index (κ3) is 3.21. The van der Waals surface area contributed by atoms with Gasteiger partial charge in [-0.2, -0.15) is 0 Å². The van der Waals surface area contributed by atoms with E-state index in [0.717, 1.165) is 9.79 Å². The van der Waals surface area contributed by atoms with Gasteiger partial charge in [0, 0.05) is 9.79 Å². The van der Waals surface area contributed by atoms with Crippen LogP contribution in [0.4, 0.5) is 0 Å². The van der Waals surface area contributed by atoms with Crippen molar-refractivity contribution < 1.29 is 0 Å². The highest BCUT2D eigenvalue weighted by Crippen LogP contribution is 2.19. The molecule has 0 aromatic heterocycles. The van der Waals surface area contributed by atoms with Gasteiger partial charge in [-0.15, -0.1) is 25.3 Å². The molecule has 0 fully saturated rings. The molecular formula is C16H16S2. The minimum Gasteiger partial charge on any atom is -0.143 e. The lowest BCUT2D eigenvalue weighted by Crippen LogP contribution is -1.82. The van der Waals surface area contributed by atoms with E-state index in [-0.39, 0.29) is 0 Å². The van der Waals surface area contributed by atoms with E-state index in [2.05, 4.69) is 75.5 Å². The molecule has 0 saturated carbocycles. The van der Waals surface area contributed by atoms with Crippen LogP contribution in [0.15, 0.2) is 46.2 Å². The Morgan fingerprint density at radius 1 is 0.722 bits per heavy atom. The lowest BCUT2D eigenvalue weighted by Gasteiger charge is -2.03. The maximum atomic E-state index is 4.33. The van der Waals surface area contributed by atoms with Gasteiger partial charge in [-0.05, 0) is 60.4 Å². The van der Waals surface area contributed by atoms with Crippen LogP contribution < -0.4 is 0 Å².